The Hall–Kier alpha value is -4.00. The van der Waals surface area contributed by atoms with E-state index in [0.717, 1.165) is 5.56 Å². The minimum absolute atomic E-state index is 0.125. The van der Waals surface area contributed by atoms with Gasteiger partial charge in [0.25, 0.3) is 11.8 Å². The zero-order valence-electron chi connectivity index (χ0n) is 17.6. The first kappa shape index (κ1) is 18.7. The summed E-state index contributed by atoms with van der Waals surface area (Å²) in [6, 6.07) is 18.4. The lowest BCUT2D eigenvalue weighted by Crippen LogP contribution is -2.61. The van der Waals surface area contributed by atoms with E-state index in [1.54, 1.807) is 24.3 Å². The minimum Gasteiger partial charge on any atom is -0.454 e. The van der Waals surface area contributed by atoms with Crippen molar-refractivity contribution in [1.29, 1.82) is 0 Å². The summed E-state index contributed by atoms with van der Waals surface area (Å²) in [5.41, 5.74) is 2.71. The molecule has 0 unspecified atom stereocenters. The Morgan fingerprint density at radius 2 is 1.75 bits per heavy atom. The van der Waals surface area contributed by atoms with Crippen molar-refractivity contribution in [2.24, 2.45) is 0 Å². The summed E-state index contributed by atoms with van der Waals surface area (Å²) >= 11 is 0. The third kappa shape index (κ3) is 2.42. The topological polar surface area (TPSA) is 79.9 Å². The van der Waals surface area contributed by atoms with Crippen LogP contribution in [0.5, 0.6) is 11.5 Å². The van der Waals surface area contributed by atoms with Gasteiger partial charge in [-0.1, -0.05) is 32.0 Å². The van der Waals surface area contributed by atoms with Gasteiger partial charge in [0.15, 0.2) is 11.5 Å². The van der Waals surface area contributed by atoms with Gasteiger partial charge in [-0.15, -0.1) is 0 Å². The molecule has 3 aromatic rings. The highest BCUT2D eigenvalue weighted by Gasteiger charge is 2.57. The summed E-state index contributed by atoms with van der Waals surface area (Å²) in [4.78, 5) is 29.1. The van der Waals surface area contributed by atoms with Crippen LogP contribution in [0.1, 0.15) is 41.3 Å². The van der Waals surface area contributed by atoms with Crippen LogP contribution < -0.4 is 25.0 Å². The molecule has 0 aliphatic carbocycles. The van der Waals surface area contributed by atoms with Gasteiger partial charge in [0.2, 0.25) is 12.5 Å². The highest BCUT2D eigenvalue weighted by atomic mass is 16.7. The maximum Gasteiger partial charge on any atom is 0.276 e. The average Bonchev–Trinajstić information content (AvgIpc) is 3.36. The highest BCUT2D eigenvalue weighted by Crippen LogP contribution is 2.49. The first-order valence-electron chi connectivity index (χ1n) is 10.6. The van der Waals surface area contributed by atoms with Crippen LogP contribution in [0, 0.1) is 0 Å². The van der Waals surface area contributed by atoms with Gasteiger partial charge in [-0.2, -0.15) is 0 Å². The monoisotopic (exact) mass is 427 g/mol. The van der Waals surface area contributed by atoms with Crippen LogP contribution in [0.15, 0.2) is 60.7 Å². The number of nitrogens with zero attached hydrogens (tertiary/aromatic N) is 1. The summed E-state index contributed by atoms with van der Waals surface area (Å²) < 4.78 is 11.0. The molecular formula is C25H21N3O4. The Kier molecular flexibility index (Phi) is 3.81. The summed E-state index contributed by atoms with van der Waals surface area (Å²) in [5.74, 6) is 0.835. The number of anilines is 3. The SMILES string of the molecule is CC(C)c1ccc2c(c1)[C@]1(Nc3ccccc3C(=O)N1c1ccc3c(c1)OCO3)C(=O)N2. The van der Waals surface area contributed by atoms with E-state index in [0.29, 0.717) is 39.7 Å². The normalized spacial score (nSPS) is 20.3. The second kappa shape index (κ2) is 6.50. The lowest BCUT2D eigenvalue weighted by Gasteiger charge is -2.44. The maximum absolute atomic E-state index is 13.9. The number of rotatable bonds is 2. The number of carbonyl (C=O) groups is 2. The molecule has 3 aliphatic rings. The molecule has 0 aromatic heterocycles. The average molecular weight is 427 g/mol. The van der Waals surface area contributed by atoms with Gasteiger partial charge >= 0.3 is 0 Å². The van der Waals surface area contributed by atoms with Gasteiger partial charge in [-0.25, -0.2) is 0 Å². The molecule has 7 nitrogen and oxygen atoms in total. The van der Waals surface area contributed by atoms with E-state index in [1.807, 2.05) is 36.4 Å². The number of nitrogens with one attached hydrogen (secondary N) is 2. The van der Waals surface area contributed by atoms with Gasteiger partial charge in [0.1, 0.15) is 0 Å². The van der Waals surface area contributed by atoms with Crippen LogP contribution in [0.4, 0.5) is 17.1 Å². The molecule has 6 rings (SSSR count). The van der Waals surface area contributed by atoms with Crippen molar-refractivity contribution in [3.63, 3.8) is 0 Å². The summed E-state index contributed by atoms with van der Waals surface area (Å²) in [6.07, 6.45) is 0. The fraction of sp³-hybridized carbons (Fsp3) is 0.200. The molecular weight excluding hydrogens is 406 g/mol. The molecule has 0 saturated carbocycles. The Bertz CT molecular complexity index is 1300. The number of hydrogen-bond acceptors (Lipinski definition) is 5. The molecule has 160 valence electrons. The highest BCUT2D eigenvalue weighted by molar-refractivity contribution is 6.22. The molecule has 1 spiro atoms. The molecule has 1 atom stereocenters. The fourth-order valence-corrected chi connectivity index (χ4v) is 4.65. The largest absolute Gasteiger partial charge is 0.454 e. The van der Waals surface area contributed by atoms with Crippen molar-refractivity contribution in [3.8, 4) is 11.5 Å². The summed E-state index contributed by atoms with van der Waals surface area (Å²) in [5, 5.41) is 6.39. The molecule has 0 saturated heterocycles. The molecule has 0 radical (unpaired) electrons. The van der Waals surface area contributed by atoms with E-state index >= 15 is 0 Å². The molecule has 3 aromatic carbocycles. The van der Waals surface area contributed by atoms with E-state index < -0.39 is 5.66 Å². The van der Waals surface area contributed by atoms with Crippen molar-refractivity contribution >= 4 is 28.9 Å². The first-order valence-corrected chi connectivity index (χ1v) is 10.6. The smallest absolute Gasteiger partial charge is 0.276 e. The quantitative estimate of drug-likeness (QED) is 0.633. The van der Waals surface area contributed by atoms with Crippen molar-refractivity contribution in [2.45, 2.75) is 25.4 Å². The Morgan fingerprint density at radius 3 is 2.59 bits per heavy atom. The summed E-state index contributed by atoms with van der Waals surface area (Å²) in [6.45, 7) is 4.33. The van der Waals surface area contributed by atoms with Crippen molar-refractivity contribution < 1.29 is 19.1 Å². The van der Waals surface area contributed by atoms with E-state index in [2.05, 4.69) is 24.5 Å². The molecule has 0 fully saturated rings. The predicted molar refractivity (Wildman–Crippen MR) is 120 cm³/mol. The number of carbonyl (C=O) groups excluding carboxylic acids is 2. The van der Waals surface area contributed by atoms with Crippen molar-refractivity contribution in [3.05, 3.63) is 77.4 Å². The fourth-order valence-electron chi connectivity index (χ4n) is 4.65. The van der Waals surface area contributed by atoms with Gasteiger partial charge in [-0.05, 0) is 47.9 Å². The van der Waals surface area contributed by atoms with Crippen molar-refractivity contribution in [2.75, 3.05) is 22.3 Å². The van der Waals surface area contributed by atoms with Crippen LogP contribution >= 0.6 is 0 Å². The van der Waals surface area contributed by atoms with Gasteiger partial charge in [0.05, 0.1) is 11.3 Å². The minimum atomic E-state index is -1.43. The lowest BCUT2D eigenvalue weighted by molar-refractivity contribution is -0.119. The van der Waals surface area contributed by atoms with Crippen molar-refractivity contribution in [1.82, 2.24) is 0 Å². The first-order chi connectivity index (χ1) is 15.5. The number of fused-ring (bicyclic) bond motifs is 4. The van der Waals surface area contributed by atoms with E-state index in [4.69, 9.17) is 9.47 Å². The molecule has 3 heterocycles. The zero-order chi connectivity index (χ0) is 22.0. The standard InChI is InChI=1S/C25H21N3O4/c1-14(2)15-7-9-20-18(11-15)25(24(30)26-20)27-19-6-4-3-5-17(19)23(29)28(25)16-8-10-21-22(12-16)32-13-31-21/h3-12,14,27H,13H2,1-2H3,(H,26,30)/t25-/m1/s1. The molecule has 3 aliphatic heterocycles. The second-order valence-electron chi connectivity index (χ2n) is 8.47. The van der Waals surface area contributed by atoms with Crippen LogP contribution in [-0.2, 0) is 10.5 Å². The van der Waals surface area contributed by atoms with Gasteiger partial charge in [0, 0.05) is 23.0 Å². The molecule has 2 amide bonds. The Balaban J connectivity index is 1.62. The number of benzene rings is 3. The van der Waals surface area contributed by atoms with Gasteiger partial charge in [-0.3, -0.25) is 14.5 Å². The summed E-state index contributed by atoms with van der Waals surface area (Å²) in [7, 11) is 0. The number of amides is 2. The van der Waals surface area contributed by atoms with E-state index in [9.17, 15) is 9.59 Å². The second-order valence-corrected chi connectivity index (χ2v) is 8.47. The van der Waals surface area contributed by atoms with Crippen LogP contribution in [0.25, 0.3) is 0 Å². The van der Waals surface area contributed by atoms with E-state index in [1.165, 1.54) is 4.90 Å². The Morgan fingerprint density at radius 1 is 0.938 bits per heavy atom. The molecule has 0 bridgehead atoms. The van der Waals surface area contributed by atoms with Crippen LogP contribution in [0.3, 0.4) is 0 Å². The van der Waals surface area contributed by atoms with Crippen LogP contribution in [0.2, 0.25) is 0 Å². The van der Waals surface area contributed by atoms with E-state index in [-0.39, 0.29) is 24.5 Å². The predicted octanol–water partition coefficient (Wildman–Crippen LogP) is 4.42. The zero-order valence-corrected chi connectivity index (χ0v) is 17.6. The molecule has 7 heteroatoms. The molecule has 2 N–H and O–H groups in total. The van der Waals surface area contributed by atoms with Gasteiger partial charge < -0.3 is 20.1 Å². The maximum atomic E-state index is 13.9. The third-order valence-corrected chi connectivity index (χ3v) is 6.30. The third-order valence-electron chi connectivity index (χ3n) is 6.30. The number of ether oxygens (including phenoxy) is 2. The molecule has 32 heavy (non-hydrogen) atoms. The lowest BCUT2D eigenvalue weighted by atomic mass is 9.89. The van der Waals surface area contributed by atoms with Crippen LogP contribution in [-0.4, -0.2) is 18.6 Å². The Labute approximate surface area is 184 Å². The number of para-hydroxylation sites is 1. The number of hydrogen-bond donors (Lipinski definition) is 2.